The van der Waals surface area contributed by atoms with Gasteiger partial charge < -0.3 is 10.2 Å². The fourth-order valence-corrected chi connectivity index (χ4v) is 4.91. The van der Waals surface area contributed by atoms with E-state index in [0.717, 1.165) is 16.4 Å². The molecule has 1 aliphatic heterocycles. The van der Waals surface area contributed by atoms with Gasteiger partial charge in [0.1, 0.15) is 10.9 Å². The topological polar surface area (TPSA) is 111 Å². The maximum Gasteiger partial charge on any atom is 0.417 e. The van der Waals surface area contributed by atoms with Crippen molar-refractivity contribution in [2.24, 2.45) is 0 Å². The largest absolute Gasteiger partial charge is 0.417 e. The van der Waals surface area contributed by atoms with E-state index in [2.05, 4.69) is 10.4 Å². The molecule has 2 aromatic rings. The number of nitriles is 1. The Bertz CT molecular complexity index is 1160. The van der Waals surface area contributed by atoms with Crippen molar-refractivity contribution >= 4 is 21.6 Å². The fraction of sp³-hybridized carbons (Fsp3) is 0.421. The Morgan fingerprint density at radius 2 is 2.06 bits per heavy atom. The van der Waals surface area contributed by atoms with Crippen LogP contribution >= 0.6 is 0 Å². The lowest BCUT2D eigenvalue weighted by Crippen LogP contribution is -2.60. The molecule has 0 saturated carbocycles. The zero-order valence-electron chi connectivity index (χ0n) is 17.3. The highest BCUT2D eigenvalue weighted by atomic mass is 32.2. The van der Waals surface area contributed by atoms with Crippen LogP contribution in [-0.4, -0.2) is 61.1 Å². The highest BCUT2D eigenvalue weighted by Crippen LogP contribution is 2.35. The molecule has 0 spiro atoms. The monoisotopic (exact) mass is 470 g/mol. The van der Waals surface area contributed by atoms with Gasteiger partial charge in [-0.3, -0.25) is 9.48 Å². The van der Waals surface area contributed by atoms with Crippen molar-refractivity contribution in [3.63, 3.8) is 0 Å². The number of likely N-dealkylation sites (N-methyl/N-ethyl adjacent to an activating group) is 1. The number of hydrogen-bond acceptors (Lipinski definition) is 6. The number of benzene rings is 1. The molecule has 0 radical (unpaired) electrons. The average Bonchev–Trinajstić information content (AvgIpc) is 3.27. The molecule has 9 nitrogen and oxygen atoms in total. The quantitative estimate of drug-likeness (QED) is 0.708. The third-order valence-electron chi connectivity index (χ3n) is 5.22. The number of amides is 1. The van der Waals surface area contributed by atoms with Gasteiger partial charge in [0.2, 0.25) is 15.9 Å². The lowest BCUT2D eigenvalue weighted by molar-refractivity contribution is -0.137. The molecule has 2 heterocycles. The molecule has 1 aromatic heterocycles. The Balaban J connectivity index is 1.96. The molecule has 1 aromatic carbocycles. The van der Waals surface area contributed by atoms with Crippen molar-refractivity contribution in [2.75, 3.05) is 31.6 Å². The standard InChI is InChI=1S/C19H21F3N6O3S/c1-3-26-11-15(10-25-26)32(30,31)27-6-7-28(17(12-27)18(29)24-2)14-5-4-13(9-23)16(8-14)19(20,21)22/h4-5,8,10-11,17H,3,6-7,12H2,1-2H3,(H,24,29). The van der Waals surface area contributed by atoms with E-state index in [1.807, 2.05) is 0 Å². The predicted octanol–water partition coefficient (Wildman–Crippen LogP) is 1.42. The van der Waals surface area contributed by atoms with Crippen molar-refractivity contribution in [1.82, 2.24) is 19.4 Å². The van der Waals surface area contributed by atoms with Crippen molar-refractivity contribution < 1.29 is 26.4 Å². The van der Waals surface area contributed by atoms with Crippen molar-refractivity contribution in [3.8, 4) is 6.07 Å². The lowest BCUT2D eigenvalue weighted by atomic mass is 10.0. The third-order valence-corrected chi connectivity index (χ3v) is 7.04. The number of hydrogen-bond donors (Lipinski definition) is 1. The van der Waals surface area contributed by atoms with Crippen LogP contribution in [0.1, 0.15) is 18.1 Å². The van der Waals surface area contributed by atoms with Gasteiger partial charge in [0.15, 0.2) is 0 Å². The average molecular weight is 470 g/mol. The molecule has 0 bridgehead atoms. The molecule has 172 valence electrons. The second kappa shape index (κ2) is 8.79. The van der Waals surface area contributed by atoms with Gasteiger partial charge in [0.25, 0.3) is 0 Å². The first kappa shape index (κ1) is 23.6. The first-order valence-electron chi connectivity index (χ1n) is 9.65. The van der Waals surface area contributed by atoms with Gasteiger partial charge >= 0.3 is 6.18 Å². The van der Waals surface area contributed by atoms with Gasteiger partial charge in [0.05, 0.1) is 23.4 Å². The van der Waals surface area contributed by atoms with E-state index >= 15 is 0 Å². The first-order chi connectivity index (χ1) is 15.0. The van der Waals surface area contributed by atoms with E-state index in [-0.39, 0.29) is 30.2 Å². The molecule has 3 rings (SSSR count). The van der Waals surface area contributed by atoms with E-state index in [1.165, 1.54) is 41.2 Å². The first-order valence-corrected chi connectivity index (χ1v) is 11.1. The zero-order valence-corrected chi connectivity index (χ0v) is 18.1. The predicted molar refractivity (Wildman–Crippen MR) is 108 cm³/mol. The fourth-order valence-electron chi connectivity index (χ4n) is 3.52. The van der Waals surface area contributed by atoms with E-state index in [0.29, 0.717) is 6.54 Å². The minimum atomic E-state index is -4.76. The molecule has 1 atom stereocenters. The van der Waals surface area contributed by atoms with E-state index in [4.69, 9.17) is 5.26 Å². The zero-order chi connectivity index (χ0) is 23.7. The molecule has 13 heteroatoms. The summed E-state index contributed by atoms with van der Waals surface area (Å²) in [6.07, 6.45) is -2.16. The van der Waals surface area contributed by atoms with Gasteiger partial charge in [0, 0.05) is 45.1 Å². The number of anilines is 1. The SMILES string of the molecule is CCn1cc(S(=O)(=O)N2CCN(c3ccc(C#N)c(C(F)(F)F)c3)C(C(=O)NC)C2)cn1. The summed E-state index contributed by atoms with van der Waals surface area (Å²) >= 11 is 0. The smallest absolute Gasteiger partial charge is 0.357 e. The molecule has 1 unspecified atom stereocenters. The number of sulfonamides is 1. The van der Waals surface area contributed by atoms with Crippen LogP contribution in [0.15, 0.2) is 35.5 Å². The maximum absolute atomic E-state index is 13.4. The van der Waals surface area contributed by atoms with Crippen LogP contribution in [0.2, 0.25) is 0 Å². The highest BCUT2D eigenvalue weighted by molar-refractivity contribution is 7.89. The van der Waals surface area contributed by atoms with E-state index in [9.17, 15) is 26.4 Å². The van der Waals surface area contributed by atoms with Crippen LogP contribution in [0.25, 0.3) is 0 Å². The number of alkyl halides is 3. The molecule has 0 aliphatic carbocycles. The summed E-state index contributed by atoms with van der Waals surface area (Å²) < 4.78 is 68.8. The second-order valence-corrected chi connectivity index (χ2v) is 9.00. The van der Waals surface area contributed by atoms with Crippen LogP contribution in [-0.2, 0) is 27.5 Å². The maximum atomic E-state index is 13.4. The van der Waals surface area contributed by atoms with Crippen LogP contribution in [0.5, 0.6) is 0 Å². The number of piperazine rings is 1. The number of nitrogens with one attached hydrogen (secondary N) is 1. The summed E-state index contributed by atoms with van der Waals surface area (Å²) in [7, 11) is -2.59. The van der Waals surface area contributed by atoms with Crippen molar-refractivity contribution in [1.29, 1.82) is 5.26 Å². The van der Waals surface area contributed by atoms with Crippen molar-refractivity contribution in [3.05, 3.63) is 41.7 Å². The molecule has 32 heavy (non-hydrogen) atoms. The van der Waals surface area contributed by atoms with Crippen LogP contribution in [0.4, 0.5) is 18.9 Å². The van der Waals surface area contributed by atoms with Crippen LogP contribution < -0.4 is 10.2 Å². The summed E-state index contributed by atoms with van der Waals surface area (Å²) in [6, 6.07) is 3.62. The third kappa shape index (κ3) is 4.42. The molecule has 1 amide bonds. The normalized spacial score (nSPS) is 17.8. The number of aromatic nitrogens is 2. The Hall–Kier alpha value is -3.11. The lowest BCUT2D eigenvalue weighted by Gasteiger charge is -2.41. The number of carbonyl (C=O) groups is 1. The van der Waals surface area contributed by atoms with Gasteiger partial charge in [-0.15, -0.1) is 0 Å². The molecular weight excluding hydrogens is 449 g/mol. The summed E-state index contributed by atoms with van der Waals surface area (Å²) in [5, 5.41) is 15.4. The molecule has 1 aliphatic rings. The summed E-state index contributed by atoms with van der Waals surface area (Å²) in [6.45, 7) is 1.94. The molecule has 1 N–H and O–H groups in total. The van der Waals surface area contributed by atoms with Crippen LogP contribution in [0, 0.1) is 11.3 Å². The van der Waals surface area contributed by atoms with E-state index < -0.39 is 39.3 Å². The Kier molecular flexibility index (Phi) is 6.47. The minimum absolute atomic E-state index is 0.0254. The minimum Gasteiger partial charge on any atom is -0.357 e. The molecule has 1 saturated heterocycles. The highest BCUT2D eigenvalue weighted by Gasteiger charge is 2.40. The number of halogens is 3. The van der Waals surface area contributed by atoms with Crippen LogP contribution in [0.3, 0.4) is 0 Å². The molecule has 1 fully saturated rings. The Morgan fingerprint density at radius 3 is 2.62 bits per heavy atom. The van der Waals surface area contributed by atoms with Gasteiger partial charge in [-0.05, 0) is 25.1 Å². The van der Waals surface area contributed by atoms with Gasteiger partial charge in [-0.2, -0.15) is 27.8 Å². The number of aryl methyl sites for hydroxylation is 1. The molecular formula is C19H21F3N6O3S. The number of carbonyl (C=O) groups excluding carboxylic acids is 1. The Labute approximate surface area is 183 Å². The Morgan fingerprint density at radius 1 is 1.34 bits per heavy atom. The van der Waals surface area contributed by atoms with E-state index in [1.54, 1.807) is 6.92 Å². The second-order valence-electron chi connectivity index (χ2n) is 7.06. The number of rotatable bonds is 5. The summed E-state index contributed by atoms with van der Waals surface area (Å²) in [5.74, 6) is -0.549. The summed E-state index contributed by atoms with van der Waals surface area (Å²) in [5.41, 5.74) is -1.58. The van der Waals surface area contributed by atoms with Gasteiger partial charge in [-0.25, -0.2) is 8.42 Å². The number of nitrogens with zero attached hydrogens (tertiary/aromatic N) is 5. The van der Waals surface area contributed by atoms with Gasteiger partial charge in [-0.1, -0.05) is 0 Å². The van der Waals surface area contributed by atoms with Crippen molar-refractivity contribution in [2.45, 2.75) is 30.6 Å². The summed E-state index contributed by atoms with van der Waals surface area (Å²) in [4.78, 5) is 13.9.